The summed E-state index contributed by atoms with van der Waals surface area (Å²) in [5.74, 6) is -1.97. The van der Waals surface area contributed by atoms with Crippen LogP contribution in [-0.2, 0) is 28.2 Å². The van der Waals surface area contributed by atoms with Crippen molar-refractivity contribution in [1.82, 2.24) is 0 Å². The predicted octanol–water partition coefficient (Wildman–Crippen LogP) is -4.81. The first kappa shape index (κ1) is 31.3. The molecule has 8 atom stereocenters. The van der Waals surface area contributed by atoms with Crippen LogP contribution in [0.15, 0.2) is 23.8 Å². The van der Waals surface area contributed by atoms with Gasteiger partial charge in [-0.15, -0.1) is 0 Å². The maximum Gasteiger partial charge on any atom is 1.00 e. The van der Waals surface area contributed by atoms with Crippen LogP contribution >= 0.6 is 7.82 Å². The topological polar surface area (TPSA) is 145 Å². The van der Waals surface area contributed by atoms with Gasteiger partial charge in [-0.25, -0.2) is 0 Å². The molecule has 1 aliphatic heterocycles. The molecular formula is C24H31Na2O9P. The quantitative estimate of drug-likeness (QED) is 0.274. The number of carbonyl (C=O) groups is 2. The Bertz CT molecular complexity index is 1050. The summed E-state index contributed by atoms with van der Waals surface area (Å²) in [6.07, 6.45) is 5.90. The first-order valence-corrected chi connectivity index (χ1v) is 13.3. The Labute approximate surface area is 255 Å². The molecule has 36 heavy (non-hydrogen) atoms. The van der Waals surface area contributed by atoms with E-state index in [9.17, 15) is 29.0 Å². The van der Waals surface area contributed by atoms with Crippen LogP contribution in [0.2, 0.25) is 0 Å². The number of carbonyl (C=O) groups excluding carboxylic acids is 2. The number of hydrogen-bond acceptors (Lipinski definition) is 9. The maximum absolute atomic E-state index is 13.6. The summed E-state index contributed by atoms with van der Waals surface area (Å²) in [6.45, 7) is 6.42. The van der Waals surface area contributed by atoms with Gasteiger partial charge in [-0.2, -0.15) is 0 Å². The standard InChI is InChI=1S/C24H33O9P.2Na/c1-21(2)32-19-10-16-15-6-5-13-9-14(25)7-8-22(13,3)20(15)17(26)11-23(16,4)24(19,33-21)18(27)12-31-34(28,29)30;;/h7-9,15-17,19-20,26H,5-6,10-12H2,1-4H3,(H2,28,29,30);;/q;2*+1/p-2/t15?,16?,17?,19-,20?,22+,23+,24-;;/m1../s1. The third-order valence-corrected chi connectivity index (χ3v) is 9.70. The second-order valence-corrected chi connectivity index (χ2v) is 12.6. The van der Waals surface area contributed by atoms with Gasteiger partial charge in [0.15, 0.2) is 23.0 Å². The zero-order chi connectivity index (χ0) is 24.9. The average molecular weight is 540 g/mol. The zero-order valence-electron chi connectivity index (χ0n) is 21.8. The van der Waals surface area contributed by atoms with Crippen LogP contribution in [0.5, 0.6) is 0 Å². The number of aliphatic hydroxyl groups is 1. The van der Waals surface area contributed by atoms with Crippen molar-refractivity contribution < 1.29 is 102 Å². The number of phosphoric acid groups is 1. The fourth-order valence-electron chi connectivity index (χ4n) is 8.17. The molecule has 5 aliphatic rings. The van der Waals surface area contributed by atoms with E-state index < -0.39 is 54.6 Å². The third-order valence-electron chi connectivity index (χ3n) is 9.26. The number of rotatable bonds is 4. The van der Waals surface area contributed by atoms with Crippen LogP contribution in [0, 0.1) is 28.6 Å². The Kier molecular flexibility index (Phi) is 8.72. The van der Waals surface area contributed by atoms with Crippen molar-refractivity contribution in [1.29, 1.82) is 0 Å². The number of Topliss-reactive ketones (excluding diaryl/α,β-unsaturated/α-hetero) is 1. The van der Waals surface area contributed by atoms with Gasteiger partial charge >= 0.3 is 59.1 Å². The molecule has 3 saturated carbocycles. The van der Waals surface area contributed by atoms with Crippen molar-refractivity contribution in [2.75, 3.05) is 6.61 Å². The van der Waals surface area contributed by atoms with Crippen molar-refractivity contribution >= 4 is 19.4 Å². The van der Waals surface area contributed by atoms with Gasteiger partial charge < -0.3 is 33.5 Å². The van der Waals surface area contributed by atoms with E-state index in [1.54, 1.807) is 26.0 Å². The molecule has 0 aromatic carbocycles. The number of ketones is 2. The van der Waals surface area contributed by atoms with Gasteiger partial charge in [0.05, 0.1) is 20.0 Å². The van der Waals surface area contributed by atoms with Crippen LogP contribution < -0.4 is 68.9 Å². The van der Waals surface area contributed by atoms with Gasteiger partial charge in [0.25, 0.3) is 0 Å². The normalized spacial score (nSPS) is 44.2. The van der Waals surface area contributed by atoms with E-state index in [1.807, 2.05) is 13.0 Å². The third kappa shape index (κ3) is 4.62. The molecule has 1 heterocycles. The van der Waals surface area contributed by atoms with Crippen molar-refractivity contribution in [3.8, 4) is 0 Å². The van der Waals surface area contributed by atoms with Crippen LogP contribution in [0.1, 0.15) is 53.4 Å². The Morgan fingerprint density at radius 2 is 1.92 bits per heavy atom. The van der Waals surface area contributed by atoms with E-state index in [1.165, 1.54) is 0 Å². The molecule has 4 aliphatic carbocycles. The molecule has 12 heteroatoms. The van der Waals surface area contributed by atoms with Gasteiger partial charge in [0, 0.05) is 16.7 Å². The van der Waals surface area contributed by atoms with Crippen molar-refractivity contribution in [2.45, 2.75) is 77.0 Å². The van der Waals surface area contributed by atoms with Gasteiger partial charge in [0.1, 0.15) is 6.61 Å². The smallest absolute Gasteiger partial charge is 0.790 e. The first-order chi connectivity index (χ1) is 15.6. The average Bonchev–Trinajstić information content (AvgIpc) is 3.12. The summed E-state index contributed by atoms with van der Waals surface area (Å²) >= 11 is 0. The molecule has 0 radical (unpaired) electrons. The Balaban J connectivity index is 0.00000180. The zero-order valence-corrected chi connectivity index (χ0v) is 26.7. The van der Waals surface area contributed by atoms with E-state index in [0.29, 0.717) is 12.8 Å². The van der Waals surface area contributed by atoms with E-state index in [0.717, 1.165) is 12.0 Å². The molecule has 1 N–H and O–H groups in total. The number of hydrogen-bond donors (Lipinski definition) is 1. The summed E-state index contributed by atoms with van der Waals surface area (Å²) in [6, 6.07) is 0. The molecular weight excluding hydrogens is 509 g/mol. The van der Waals surface area contributed by atoms with Gasteiger partial charge in [-0.3, -0.25) is 9.59 Å². The molecule has 4 unspecified atom stereocenters. The molecule has 0 spiro atoms. The summed E-state index contributed by atoms with van der Waals surface area (Å²) in [7, 11) is -5.36. The number of aliphatic hydroxyl groups excluding tert-OH is 1. The summed E-state index contributed by atoms with van der Waals surface area (Å²) < 4.78 is 28.0. The fraction of sp³-hybridized carbons (Fsp3) is 0.750. The van der Waals surface area contributed by atoms with Crippen molar-refractivity contribution in [2.24, 2.45) is 28.6 Å². The molecule has 188 valence electrons. The van der Waals surface area contributed by atoms with Gasteiger partial charge in [-0.1, -0.05) is 25.5 Å². The van der Waals surface area contributed by atoms with Crippen LogP contribution in [0.4, 0.5) is 0 Å². The number of phosphoric ester groups is 1. The molecule has 9 nitrogen and oxygen atoms in total. The second-order valence-electron chi connectivity index (χ2n) is 11.4. The summed E-state index contributed by atoms with van der Waals surface area (Å²) in [5, 5.41) is 11.6. The van der Waals surface area contributed by atoms with E-state index in [2.05, 4.69) is 11.4 Å². The molecule has 0 amide bonds. The number of allylic oxidation sites excluding steroid dienone is 4. The van der Waals surface area contributed by atoms with Crippen LogP contribution in [0.3, 0.4) is 0 Å². The number of fused-ring (bicyclic) bond motifs is 7. The van der Waals surface area contributed by atoms with Gasteiger partial charge in [-0.05, 0) is 63.5 Å². The molecule has 1 saturated heterocycles. The summed E-state index contributed by atoms with van der Waals surface area (Å²) in [5.41, 5.74) is -1.85. The van der Waals surface area contributed by atoms with Crippen LogP contribution in [-0.4, -0.2) is 46.9 Å². The monoisotopic (exact) mass is 540 g/mol. The second kappa shape index (κ2) is 10.0. The summed E-state index contributed by atoms with van der Waals surface area (Å²) in [4.78, 5) is 47.8. The van der Waals surface area contributed by atoms with E-state index >= 15 is 0 Å². The van der Waals surface area contributed by atoms with E-state index in [-0.39, 0.29) is 89.1 Å². The molecule has 4 fully saturated rings. The largest absolute Gasteiger partial charge is 1.00 e. The van der Waals surface area contributed by atoms with Gasteiger partial charge in [0.2, 0.25) is 0 Å². The molecule has 0 aromatic rings. The molecule has 0 bridgehead atoms. The van der Waals surface area contributed by atoms with Crippen molar-refractivity contribution in [3.63, 3.8) is 0 Å². The Hall–Kier alpha value is 0.810. The van der Waals surface area contributed by atoms with Crippen LogP contribution in [0.25, 0.3) is 0 Å². The Morgan fingerprint density at radius 1 is 1.25 bits per heavy atom. The first-order valence-electron chi connectivity index (χ1n) is 11.8. The van der Waals surface area contributed by atoms with Crippen molar-refractivity contribution in [3.05, 3.63) is 23.8 Å². The minimum absolute atomic E-state index is 0. The maximum atomic E-state index is 13.6. The predicted molar refractivity (Wildman–Crippen MR) is 115 cm³/mol. The van der Waals surface area contributed by atoms with E-state index in [4.69, 9.17) is 9.47 Å². The Morgan fingerprint density at radius 3 is 2.56 bits per heavy atom. The molecule has 0 aromatic heterocycles. The number of ether oxygens (including phenoxy) is 2. The SMILES string of the molecule is CC1(C)O[C@@H]2CC3C4CCC5=CC(=O)C=C[C@]5(C)C4C(O)C[C@]3(C)[C@]2(C(=O)COP(=O)([O-])[O-])O1.[Na+].[Na+]. The fourth-order valence-corrected chi connectivity index (χ4v) is 8.44. The minimum Gasteiger partial charge on any atom is -0.790 e. The minimum atomic E-state index is -5.36. The molecule has 5 rings (SSSR count).